The molecule has 0 aliphatic rings. The maximum atomic E-state index is 12.4. The Labute approximate surface area is 220 Å². The molecule has 0 N–H and O–H groups in total. The number of benzene rings is 2. The molecule has 0 fully saturated rings. The number of hydrogen-bond donors (Lipinski definition) is 0. The molecule has 38 heavy (non-hydrogen) atoms. The summed E-state index contributed by atoms with van der Waals surface area (Å²) in [7, 11) is 1.23. The van der Waals surface area contributed by atoms with E-state index in [4.69, 9.17) is 23.7 Å². The van der Waals surface area contributed by atoms with E-state index in [-0.39, 0.29) is 31.8 Å². The molecule has 0 atom stereocenters. The van der Waals surface area contributed by atoms with Gasteiger partial charge in [-0.2, -0.15) is 0 Å². The lowest BCUT2D eigenvalue weighted by atomic mass is 10.2. The highest BCUT2D eigenvalue weighted by molar-refractivity contribution is 5.93. The number of methoxy groups -OCH3 is 1. The molecule has 0 unspecified atom stereocenters. The minimum Gasteiger partial charge on any atom is -0.493 e. The fraction of sp³-hybridized carbons (Fsp3) is 0.286. The summed E-state index contributed by atoms with van der Waals surface area (Å²) in [5, 5.41) is 0. The summed E-state index contributed by atoms with van der Waals surface area (Å²) < 4.78 is 30.9. The Hall–Kier alpha value is -4.60. The Morgan fingerprint density at radius 3 is 1.84 bits per heavy atom. The van der Waals surface area contributed by atoms with Crippen LogP contribution in [0.1, 0.15) is 29.6 Å². The lowest BCUT2D eigenvalue weighted by Crippen LogP contribution is -2.13. The smallest absolute Gasteiger partial charge is 0.343 e. The molecule has 0 bridgehead atoms. The number of rotatable bonds is 16. The SMILES string of the molecule is C=CC(=O)OCCCOc1ccc(C(=O)Oc2ccc(OCCCOC(=O)C(=C)CC(=O)OC)cc2)cc1. The maximum Gasteiger partial charge on any atom is 0.343 e. The molecule has 202 valence electrons. The van der Waals surface area contributed by atoms with Crippen LogP contribution >= 0.6 is 0 Å². The van der Waals surface area contributed by atoms with Gasteiger partial charge in [0.15, 0.2) is 0 Å². The minimum absolute atomic E-state index is 0.0212. The van der Waals surface area contributed by atoms with Gasteiger partial charge in [0.2, 0.25) is 0 Å². The first-order valence-electron chi connectivity index (χ1n) is 11.7. The van der Waals surface area contributed by atoms with E-state index < -0.39 is 23.9 Å². The van der Waals surface area contributed by atoms with Crippen LogP contribution in [-0.2, 0) is 28.6 Å². The van der Waals surface area contributed by atoms with E-state index in [1.165, 1.54) is 7.11 Å². The standard InChI is InChI=1S/C28H30O10/c1-4-25(29)36-17-5-15-34-22-9-7-21(8-10-22)28(32)38-24-13-11-23(12-14-24)35-16-6-18-37-27(31)20(2)19-26(30)33-3/h4,7-14H,1-2,5-6,15-19H2,3H3. The summed E-state index contributed by atoms with van der Waals surface area (Å²) in [4.78, 5) is 46.2. The zero-order valence-corrected chi connectivity index (χ0v) is 21.1. The number of carbonyl (C=O) groups is 4. The van der Waals surface area contributed by atoms with Gasteiger partial charge >= 0.3 is 23.9 Å². The number of esters is 4. The van der Waals surface area contributed by atoms with Gasteiger partial charge in [0.1, 0.15) is 17.2 Å². The molecule has 0 aromatic heterocycles. The summed E-state index contributed by atoms with van der Waals surface area (Å²) >= 11 is 0. The highest BCUT2D eigenvalue weighted by atomic mass is 16.5. The first-order valence-corrected chi connectivity index (χ1v) is 11.7. The zero-order valence-electron chi connectivity index (χ0n) is 21.1. The minimum atomic E-state index is -0.660. The summed E-state index contributed by atoms with van der Waals surface area (Å²) in [6.07, 6.45) is 1.82. The van der Waals surface area contributed by atoms with Crippen LogP contribution in [0.5, 0.6) is 17.2 Å². The van der Waals surface area contributed by atoms with Crippen molar-refractivity contribution in [2.24, 2.45) is 0 Å². The lowest BCUT2D eigenvalue weighted by Gasteiger charge is -2.09. The highest BCUT2D eigenvalue weighted by Gasteiger charge is 2.13. The maximum absolute atomic E-state index is 12.4. The van der Waals surface area contributed by atoms with Crippen LogP contribution in [0.3, 0.4) is 0 Å². The largest absolute Gasteiger partial charge is 0.493 e. The molecule has 10 nitrogen and oxygen atoms in total. The van der Waals surface area contributed by atoms with Crippen molar-refractivity contribution in [2.75, 3.05) is 33.5 Å². The van der Waals surface area contributed by atoms with Gasteiger partial charge in [-0.05, 0) is 48.5 Å². The van der Waals surface area contributed by atoms with Gasteiger partial charge in [0.05, 0.1) is 45.5 Å². The average Bonchev–Trinajstić information content (AvgIpc) is 2.93. The van der Waals surface area contributed by atoms with E-state index in [2.05, 4.69) is 17.9 Å². The summed E-state index contributed by atoms with van der Waals surface area (Å²) in [5.41, 5.74) is 0.370. The third kappa shape index (κ3) is 11.0. The first-order chi connectivity index (χ1) is 18.3. The summed E-state index contributed by atoms with van der Waals surface area (Å²) in [5.74, 6) is -0.774. The van der Waals surface area contributed by atoms with Gasteiger partial charge in [-0.25, -0.2) is 14.4 Å². The molecule has 2 aromatic carbocycles. The topological polar surface area (TPSA) is 124 Å². The van der Waals surface area contributed by atoms with Gasteiger partial charge in [-0.3, -0.25) is 4.79 Å². The highest BCUT2D eigenvalue weighted by Crippen LogP contribution is 2.20. The number of hydrogen-bond acceptors (Lipinski definition) is 10. The molecule has 0 radical (unpaired) electrons. The van der Waals surface area contributed by atoms with Crippen molar-refractivity contribution in [3.8, 4) is 17.2 Å². The molecule has 0 aliphatic heterocycles. The van der Waals surface area contributed by atoms with Crippen molar-refractivity contribution < 1.29 is 47.6 Å². The van der Waals surface area contributed by atoms with Crippen LogP contribution in [0.4, 0.5) is 0 Å². The zero-order chi connectivity index (χ0) is 27.8. The fourth-order valence-electron chi connectivity index (χ4n) is 2.77. The average molecular weight is 527 g/mol. The third-order valence-electron chi connectivity index (χ3n) is 4.76. The number of carbonyl (C=O) groups excluding carboxylic acids is 4. The van der Waals surface area contributed by atoms with Crippen molar-refractivity contribution in [3.63, 3.8) is 0 Å². The van der Waals surface area contributed by atoms with E-state index >= 15 is 0 Å². The molecule has 2 rings (SSSR count). The second kappa shape index (κ2) is 16.2. The van der Waals surface area contributed by atoms with Crippen molar-refractivity contribution in [1.29, 1.82) is 0 Å². The van der Waals surface area contributed by atoms with Gasteiger partial charge < -0.3 is 28.4 Å². The molecule has 0 saturated carbocycles. The van der Waals surface area contributed by atoms with Gasteiger partial charge in [-0.1, -0.05) is 13.2 Å². The summed E-state index contributed by atoms with van der Waals surface area (Å²) in [6.45, 7) is 7.78. The van der Waals surface area contributed by atoms with E-state index in [0.717, 1.165) is 6.08 Å². The third-order valence-corrected chi connectivity index (χ3v) is 4.76. The van der Waals surface area contributed by atoms with Gasteiger partial charge in [0, 0.05) is 24.5 Å². The predicted molar refractivity (Wildman–Crippen MR) is 136 cm³/mol. The molecule has 0 aliphatic carbocycles. The predicted octanol–water partition coefficient (Wildman–Crippen LogP) is 3.84. The molecule has 0 amide bonds. The Morgan fingerprint density at radius 2 is 1.29 bits per heavy atom. The van der Waals surface area contributed by atoms with Crippen LogP contribution in [0, 0.1) is 0 Å². The normalized spacial score (nSPS) is 10.0. The monoisotopic (exact) mass is 526 g/mol. The summed E-state index contributed by atoms with van der Waals surface area (Å²) in [6, 6.07) is 13.0. The molecule has 2 aromatic rings. The molecular formula is C28H30O10. The van der Waals surface area contributed by atoms with Crippen LogP contribution in [0.2, 0.25) is 0 Å². The number of ether oxygens (including phenoxy) is 6. The van der Waals surface area contributed by atoms with Crippen molar-refractivity contribution in [1.82, 2.24) is 0 Å². The first kappa shape index (κ1) is 29.6. The van der Waals surface area contributed by atoms with Crippen molar-refractivity contribution in [3.05, 3.63) is 78.9 Å². The molecule has 0 spiro atoms. The Bertz CT molecular complexity index is 1100. The van der Waals surface area contributed by atoms with Crippen LogP contribution < -0.4 is 14.2 Å². The van der Waals surface area contributed by atoms with Crippen LogP contribution in [0.25, 0.3) is 0 Å². The Kier molecular flexibility index (Phi) is 12.6. The van der Waals surface area contributed by atoms with E-state index in [0.29, 0.717) is 42.3 Å². The second-order valence-electron chi connectivity index (χ2n) is 7.65. The Morgan fingerprint density at radius 1 is 0.763 bits per heavy atom. The second-order valence-corrected chi connectivity index (χ2v) is 7.65. The van der Waals surface area contributed by atoms with Crippen LogP contribution in [-0.4, -0.2) is 57.4 Å². The molecular weight excluding hydrogens is 496 g/mol. The van der Waals surface area contributed by atoms with E-state index in [1.54, 1.807) is 48.5 Å². The molecule has 10 heteroatoms. The Balaban J connectivity index is 1.67. The molecule has 0 heterocycles. The van der Waals surface area contributed by atoms with Gasteiger partial charge in [0.25, 0.3) is 0 Å². The van der Waals surface area contributed by atoms with E-state index in [9.17, 15) is 19.2 Å². The van der Waals surface area contributed by atoms with Crippen molar-refractivity contribution >= 4 is 23.9 Å². The molecule has 0 saturated heterocycles. The van der Waals surface area contributed by atoms with E-state index in [1.807, 2.05) is 0 Å². The fourth-order valence-corrected chi connectivity index (χ4v) is 2.77. The lowest BCUT2D eigenvalue weighted by molar-refractivity contribution is -0.144. The van der Waals surface area contributed by atoms with Gasteiger partial charge in [-0.15, -0.1) is 0 Å². The quantitative estimate of drug-likeness (QED) is 0.105. The van der Waals surface area contributed by atoms with Crippen LogP contribution in [0.15, 0.2) is 73.3 Å². The van der Waals surface area contributed by atoms with Crippen molar-refractivity contribution in [2.45, 2.75) is 19.3 Å².